The molecule has 154 valence electrons. The van der Waals surface area contributed by atoms with E-state index < -0.39 is 10.0 Å². The van der Waals surface area contributed by atoms with Crippen LogP contribution in [0.15, 0.2) is 52.2 Å². The lowest BCUT2D eigenvalue weighted by molar-refractivity contribution is 0.181. The van der Waals surface area contributed by atoms with Gasteiger partial charge < -0.3 is 9.97 Å². The van der Waals surface area contributed by atoms with Crippen molar-refractivity contribution in [2.24, 2.45) is 0 Å². The molecule has 0 radical (unpaired) electrons. The molecule has 0 saturated carbocycles. The summed E-state index contributed by atoms with van der Waals surface area (Å²) in [5.74, 6) is 0.515. The molecule has 8 heteroatoms. The highest BCUT2D eigenvalue weighted by molar-refractivity contribution is 7.89. The maximum absolute atomic E-state index is 13.0. The second-order valence-electron chi connectivity index (χ2n) is 7.86. The maximum Gasteiger partial charge on any atom is 0.323 e. The van der Waals surface area contributed by atoms with Gasteiger partial charge >= 0.3 is 5.69 Å². The standard InChI is InChI=1S/C21H26N4O3S/c1-15(2)17-5-3-16(4-6-17)14-24-9-11-25(12-10-24)29(27,28)18-7-8-19-20(13-18)23-21(26)22-19/h3-8,13,15H,9-12,14H2,1-2H3,(H2,22,23,26). The van der Waals surface area contributed by atoms with Crippen molar-refractivity contribution in [1.82, 2.24) is 19.2 Å². The Morgan fingerprint density at radius 1 is 0.931 bits per heavy atom. The van der Waals surface area contributed by atoms with Crippen LogP contribution in [0.1, 0.15) is 30.9 Å². The summed E-state index contributed by atoms with van der Waals surface area (Å²) in [6.07, 6.45) is 0. The molecule has 1 aliphatic rings. The minimum atomic E-state index is -3.58. The van der Waals surface area contributed by atoms with Crippen LogP contribution in [-0.2, 0) is 16.6 Å². The Labute approximate surface area is 170 Å². The molecule has 1 aliphatic heterocycles. The predicted molar refractivity (Wildman–Crippen MR) is 113 cm³/mol. The molecule has 4 rings (SSSR count). The largest absolute Gasteiger partial charge is 0.323 e. The van der Waals surface area contributed by atoms with Gasteiger partial charge in [-0.1, -0.05) is 38.1 Å². The normalized spacial score (nSPS) is 16.7. The van der Waals surface area contributed by atoms with E-state index in [-0.39, 0.29) is 10.6 Å². The summed E-state index contributed by atoms with van der Waals surface area (Å²) in [7, 11) is -3.58. The number of nitrogens with one attached hydrogen (secondary N) is 2. The molecule has 0 aliphatic carbocycles. The second-order valence-corrected chi connectivity index (χ2v) is 9.80. The lowest BCUT2D eigenvalue weighted by Crippen LogP contribution is -2.48. The number of imidazole rings is 1. The summed E-state index contributed by atoms with van der Waals surface area (Å²) < 4.78 is 27.5. The molecule has 0 spiro atoms. The highest BCUT2D eigenvalue weighted by Crippen LogP contribution is 2.21. The summed E-state index contributed by atoms with van der Waals surface area (Å²) in [6.45, 7) is 7.47. The molecule has 2 N–H and O–H groups in total. The summed E-state index contributed by atoms with van der Waals surface area (Å²) in [5, 5.41) is 0. The van der Waals surface area contributed by atoms with Crippen LogP contribution in [-0.4, -0.2) is 53.8 Å². The third kappa shape index (κ3) is 4.14. The Kier molecular flexibility index (Phi) is 5.33. The highest BCUT2D eigenvalue weighted by Gasteiger charge is 2.28. The van der Waals surface area contributed by atoms with Crippen LogP contribution >= 0.6 is 0 Å². The summed E-state index contributed by atoms with van der Waals surface area (Å²) in [5.41, 5.74) is 3.32. The molecule has 0 bridgehead atoms. The Morgan fingerprint density at radius 3 is 2.24 bits per heavy atom. The molecule has 7 nitrogen and oxygen atoms in total. The Morgan fingerprint density at radius 2 is 1.59 bits per heavy atom. The molecule has 1 aromatic heterocycles. The topological polar surface area (TPSA) is 89.3 Å². The van der Waals surface area contributed by atoms with Gasteiger partial charge in [0, 0.05) is 32.7 Å². The van der Waals surface area contributed by atoms with Crippen molar-refractivity contribution in [1.29, 1.82) is 0 Å². The Bertz CT molecular complexity index is 1150. The zero-order valence-corrected chi connectivity index (χ0v) is 17.5. The van der Waals surface area contributed by atoms with E-state index in [0.29, 0.717) is 43.1 Å². The number of hydrogen-bond acceptors (Lipinski definition) is 4. The number of piperazine rings is 1. The van der Waals surface area contributed by atoms with Gasteiger partial charge in [0.05, 0.1) is 15.9 Å². The van der Waals surface area contributed by atoms with Crippen molar-refractivity contribution in [3.8, 4) is 0 Å². The molecule has 0 unspecified atom stereocenters. The van der Waals surface area contributed by atoms with E-state index >= 15 is 0 Å². The van der Waals surface area contributed by atoms with E-state index in [1.54, 1.807) is 12.1 Å². The van der Waals surface area contributed by atoms with E-state index in [4.69, 9.17) is 0 Å². The molecule has 2 heterocycles. The molecule has 1 saturated heterocycles. The summed E-state index contributed by atoms with van der Waals surface area (Å²) in [4.78, 5) is 19.1. The fourth-order valence-corrected chi connectivity index (χ4v) is 5.16. The van der Waals surface area contributed by atoms with E-state index in [1.165, 1.54) is 21.5 Å². The molecule has 3 aromatic rings. The van der Waals surface area contributed by atoms with Gasteiger partial charge in [-0.2, -0.15) is 4.31 Å². The number of aromatic nitrogens is 2. The van der Waals surface area contributed by atoms with Gasteiger partial charge in [0.15, 0.2) is 0 Å². The summed E-state index contributed by atoms with van der Waals surface area (Å²) in [6, 6.07) is 13.3. The van der Waals surface area contributed by atoms with Crippen molar-refractivity contribution in [3.05, 3.63) is 64.1 Å². The minimum absolute atomic E-state index is 0.206. The van der Waals surface area contributed by atoms with Gasteiger partial charge in [-0.05, 0) is 35.2 Å². The van der Waals surface area contributed by atoms with Crippen LogP contribution in [0.2, 0.25) is 0 Å². The number of sulfonamides is 1. The number of H-pyrrole nitrogens is 2. The van der Waals surface area contributed by atoms with Crippen molar-refractivity contribution < 1.29 is 8.42 Å². The van der Waals surface area contributed by atoms with Gasteiger partial charge in [0.1, 0.15) is 0 Å². The number of rotatable bonds is 5. The maximum atomic E-state index is 13.0. The molecular formula is C21H26N4O3S. The van der Waals surface area contributed by atoms with Crippen molar-refractivity contribution in [2.75, 3.05) is 26.2 Å². The van der Waals surface area contributed by atoms with Crippen LogP contribution < -0.4 is 5.69 Å². The van der Waals surface area contributed by atoms with Crippen LogP contribution in [0.25, 0.3) is 11.0 Å². The van der Waals surface area contributed by atoms with Gasteiger partial charge in [-0.3, -0.25) is 4.90 Å². The quantitative estimate of drug-likeness (QED) is 0.671. The number of benzene rings is 2. The fraction of sp³-hybridized carbons (Fsp3) is 0.381. The molecule has 0 amide bonds. The van der Waals surface area contributed by atoms with Crippen LogP contribution in [0.5, 0.6) is 0 Å². The molecule has 0 atom stereocenters. The number of hydrogen-bond donors (Lipinski definition) is 2. The smallest absolute Gasteiger partial charge is 0.306 e. The first-order valence-corrected chi connectivity index (χ1v) is 11.3. The SMILES string of the molecule is CC(C)c1ccc(CN2CCN(S(=O)(=O)c3ccc4[nH]c(=O)[nH]c4c3)CC2)cc1. The summed E-state index contributed by atoms with van der Waals surface area (Å²) >= 11 is 0. The number of nitrogens with zero attached hydrogens (tertiary/aromatic N) is 2. The van der Waals surface area contributed by atoms with Crippen LogP contribution in [0.4, 0.5) is 0 Å². The third-order valence-electron chi connectivity index (χ3n) is 5.51. The van der Waals surface area contributed by atoms with E-state index in [0.717, 1.165) is 6.54 Å². The first kappa shape index (κ1) is 19.9. The number of aromatic amines is 2. The lowest BCUT2D eigenvalue weighted by Gasteiger charge is -2.34. The number of fused-ring (bicyclic) bond motifs is 1. The Hall–Kier alpha value is -2.42. The molecular weight excluding hydrogens is 388 g/mol. The average Bonchev–Trinajstić information content (AvgIpc) is 3.08. The fourth-order valence-electron chi connectivity index (χ4n) is 3.72. The molecule has 2 aromatic carbocycles. The van der Waals surface area contributed by atoms with Gasteiger partial charge in [0.2, 0.25) is 10.0 Å². The van der Waals surface area contributed by atoms with E-state index in [2.05, 4.69) is 53.0 Å². The van der Waals surface area contributed by atoms with Crippen LogP contribution in [0, 0.1) is 0 Å². The van der Waals surface area contributed by atoms with Crippen LogP contribution in [0.3, 0.4) is 0 Å². The van der Waals surface area contributed by atoms with E-state index in [1.807, 2.05) is 0 Å². The Balaban J connectivity index is 1.41. The van der Waals surface area contributed by atoms with Gasteiger partial charge in [-0.15, -0.1) is 0 Å². The molecule has 29 heavy (non-hydrogen) atoms. The minimum Gasteiger partial charge on any atom is -0.306 e. The van der Waals surface area contributed by atoms with Gasteiger partial charge in [0.25, 0.3) is 0 Å². The van der Waals surface area contributed by atoms with E-state index in [9.17, 15) is 13.2 Å². The zero-order valence-electron chi connectivity index (χ0n) is 16.7. The first-order valence-electron chi connectivity index (χ1n) is 9.86. The average molecular weight is 415 g/mol. The zero-order chi connectivity index (χ0) is 20.6. The van der Waals surface area contributed by atoms with Gasteiger partial charge in [-0.25, -0.2) is 13.2 Å². The third-order valence-corrected chi connectivity index (χ3v) is 7.40. The predicted octanol–water partition coefficient (Wildman–Crippen LogP) is 2.49. The molecule has 1 fully saturated rings. The van der Waals surface area contributed by atoms with Crippen molar-refractivity contribution in [3.63, 3.8) is 0 Å². The first-order chi connectivity index (χ1) is 13.8. The van der Waals surface area contributed by atoms with Crippen molar-refractivity contribution >= 4 is 21.1 Å². The monoisotopic (exact) mass is 414 g/mol. The van der Waals surface area contributed by atoms with Crippen molar-refractivity contribution in [2.45, 2.75) is 31.2 Å². The second kappa shape index (κ2) is 7.78. The highest BCUT2D eigenvalue weighted by atomic mass is 32.2. The lowest BCUT2D eigenvalue weighted by atomic mass is 10.0.